The molecule has 4 nitrogen and oxygen atoms in total. The maximum atomic E-state index is 12.5. The normalized spacial score (nSPS) is 21.7. The van der Waals surface area contributed by atoms with Gasteiger partial charge in [0.05, 0.1) is 11.7 Å². The number of likely N-dealkylation sites (tertiary alicyclic amines) is 1. The SMILES string of the molecule is CC(C)c1cc(C(C)C)n(C2CCN(C(=O)CC3C=CCC3)CC2)n1. The van der Waals surface area contributed by atoms with Crippen LogP contribution in [-0.2, 0) is 4.79 Å². The van der Waals surface area contributed by atoms with Gasteiger partial charge in [0.1, 0.15) is 0 Å². The van der Waals surface area contributed by atoms with Gasteiger partial charge in [-0.05, 0) is 49.5 Å². The van der Waals surface area contributed by atoms with Crippen LogP contribution in [0.4, 0.5) is 0 Å². The number of aromatic nitrogens is 2. The van der Waals surface area contributed by atoms with Gasteiger partial charge < -0.3 is 4.90 Å². The van der Waals surface area contributed by atoms with Gasteiger partial charge in [0.2, 0.25) is 5.91 Å². The largest absolute Gasteiger partial charge is 0.343 e. The van der Waals surface area contributed by atoms with Crippen LogP contribution in [-0.4, -0.2) is 33.7 Å². The van der Waals surface area contributed by atoms with Crippen LogP contribution in [0.15, 0.2) is 18.2 Å². The topological polar surface area (TPSA) is 38.1 Å². The fourth-order valence-electron chi connectivity index (χ4n) is 4.01. The van der Waals surface area contributed by atoms with E-state index in [0.29, 0.717) is 36.1 Å². The Morgan fingerprint density at radius 2 is 1.88 bits per heavy atom. The molecule has 4 heteroatoms. The zero-order chi connectivity index (χ0) is 18.0. The molecule has 1 aromatic rings. The highest BCUT2D eigenvalue weighted by Crippen LogP contribution is 2.30. The molecule has 1 amide bonds. The molecule has 0 bridgehead atoms. The molecule has 1 aliphatic heterocycles. The van der Waals surface area contributed by atoms with Crippen LogP contribution in [0, 0.1) is 5.92 Å². The quantitative estimate of drug-likeness (QED) is 0.730. The number of nitrogens with zero attached hydrogens (tertiary/aromatic N) is 3. The number of hydrogen-bond acceptors (Lipinski definition) is 2. The second-order valence-electron chi connectivity index (χ2n) is 8.33. The van der Waals surface area contributed by atoms with Gasteiger partial charge in [-0.15, -0.1) is 0 Å². The van der Waals surface area contributed by atoms with Crippen LogP contribution in [0.2, 0.25) is 0 Å². The monoisotopic (exact) mass is 343 g/mol. The summed E-state index contributed by atoms with van der Waals surface area (Å²) in [6.45, 7) is 10.6. The Hall–Kier alpha value is -1.58. The fraction of sp³-hybridized carbons (Fsp3) is 0.714. The predicted molar refractivity (Wildman–Crippen MR) is 102 cm³/mol. The molecule has 0 N–H and O–H groups in total. The highest BCUT2D eigenvalue weighted by Gasteiger charge is 2.28. The van der Waals surface area contributed by atoms with Crippen molar-refractivity contribution in [3.05, 3.63) is 29.6 Å². The Balaban J connectivity index is 1.62. The van der Waals surface area contributed by atoms with Crippen molar-refractivity contribution in [3.63, 3.8) is 0 Å². The minimum atomic E-state index is 0.336. The highest BCUT2D eigenvalue weighted by molar-refractivity contribution is 5.76. The molecule has 1 aromatic heterocycles. The van der Waals surface area contributed by atoms with E-state index in [1.54, 1.807) is 0 Å². The Morgan fingerprint density at radius 1 is 1.16 bits per heavy atom. The molecule has 1 saturated heterocycles. The third kappa shape index (κ3) is 4.16. The van der Waals surface area contributed by atoms with Crippen LogP contribution in [0.1, 0.15) is 89.1 Å². The number of rotatable bonds is 5. The van der Waals surface area contributed by atoms with E-state index in [1.165, 1.54) is 11.4 Å². The number of amides is 1. The number of carbonyl (C=O) groups excluding carboxylic acids is 1. The molecule has 2 heterocycles. The smallest absolute Gasteiger partial charge is 0.223 e. The summed E-state index contributed by atoms with van der Waals surface area (Å²) in [4.78, 5) is 14.6. The summed E-state index contributed by atoms with van der Waals surface area (Å²) in [7, 11) is 0. The van der Waals surface area contributed by atoms with E-state index < -0.39 is 0 Å². The average molecular weight is 344 g/mol. The van der Waals surface area contributed by atoms with Gasteiger partial charge in [-0.2, -0.15) is 5.10 Å². The van der Waals surface area contributed by atoms with Crippen molar-refractivity contribution in [1.82, 2.24) is 14.7 Å². The molecule has 0 spiro atoms. The minimum Gasteiger partial charge on any atom is -0.343 e. The second kappa shape index (κ2) is 7.76. The standard InChI is InChI=1S/C21H33N3O/c1-15(2)19-14-20(16(3)4)24(22-19)18-9-11-23(12-10-18)21(25)13-17-7-5-6-8-17/h5,7,14-18H,6,8-13H2,1-4H3. The van der Waals surface area contributed by atoms with Gasteiger partial charge in [0, 0.05) is 25.2 Å². The third-order valence-corrected chi connectivity index (χ3v) is 5.68. The zero-order valence-corrected chi connectivity index (χ0v) is 16.2. The first kappa shape index (κ1) is 18.2. The lowest BCUT2D eigenvalue weighted by Crippen LogP contribution is -2.40. The van der Waals surface area contributed by atoms with E-state index in [-0.39, 0.29) is 0 Å². The Labute approximate surface area is 152 Å². The fourth-order valence-corrected chi connectivity index (χ4v) is 4.01. The molecule has 2 aliphatic rings. The van der Waals surface area contributed by atoms with Crippen LogP contribution in [0.5, 0.6) is 0 Å². The molecule has 25 heavy (non-hydrogen) atoms. The van der Waals surface area contributed by atoms with Crippen LogP contribution in [0.3, 0.4) is 0 Å². The summed E-state index contributed by atoms with van der Waals surface area (Å²) in [5.41, 5.74) is 2.53. The minimum absolute atomic E-state index is 0.336. The van der Waals surface area contributed by atoms with E-state index in [1.807, 2.05) is 0 Å². The van der Waals surface area contributed by atoms with Crippen molar-refractivity contribution in [2.45, 2.75) is 77.7 Å². The molecule has 3 rings (SSSR count). The average Bonchev–Trinajstić information content (AvgIpc) is 3.24. The molecule has 138 valence electrons. The predicted octanol–water partition coefficient (Wildman–Crippen LogP) is 4.65. The van der Waals surface area contributed by atoms with Gasteiger partial charge >= 0.3 is 0 Å². The van der Waals surface area contributed by atoms with Crippen LogP contribution in [0.25, 0.3) is 0 Å². The molecule has 1 unspecified atom stereocenters. The molecule has 1 aliphatic carbocycles. The summed E-state index contributed by atoms with van der Waals surface area (Å²) in [6.07, 6.45) is 9.44. The molecule has 1 fully saturated rings. The third-order valence-electron chi connectivity index (χ3n) is 5.68. The first-order valence-electron chi connectivity index (χ1n) is 9.99. The van der Waals surface area contributed by atoms with Crippen molar-refractivity contribution in [2.24, 2.45) is 5.92 Å². The van der Waals surface area contributed by atoms with Gasteiger partial charge in [-0.1, -0.05) is 39.8 Å². The van der Waals surface area contributed by atoms with Crippen LogP contribution >= 0.6 is 0 Å². The van der Waals surface area contributed by atoms with Gasteiger partial charge in [-0.3, -0.25) is 9.48 Å². The van der Waals surface area contributed by atoms with Crippen molar-refractivity contribution in [2.75, 3.05) is 13.1 Å². The summed E-state index contributed by atoms with van der Waals surface area (Å²) < 4.78 is 2.27. The summed E-state index contributed by atoms with van der Waals surface area (Å²) in [5.74, 6) is 1.74. The summed E-state index contributed by atoms with van der Waals surface area (Å²) >= 11 is 0. The number of carbonyl (C=O) groups is 1. The summed E-state index contributed by atoms with van der Waals surface area (Å²) in [6, 6.07) is 2.71. The van der Waals surface area contributed by atoms with E-state index in [4.69, 9.17) is 5.10 Å². The number of allylic oxidation sites excluding steroid dienone is 2. The van der Waals surface area contributed by atoms with Crippen molar-refractivity contribution < 1.29 is 4.79 Å². The lowest BCUT2D eigenvalue weighted by molar-refractivity contribution is -0.133. The number of piperidine rings is 1. The van der Waals surface area contributed by atoms with Crippen molar-refractivity contribution in [1.29, 1.82) is 0 Å². The molecule has 1 atom stereocenters. The second-order valence-corrected chi connectivity index (χ2v) is 8.33. The Morgan fingerprint density at radius 3 is 2.44 bits per heavy atom. The molecular weight excluding hydrogens is 310 g/mol. The molecule has 0 radical (unpaired) electrons. The van der Waals surface area contributed by atoms with Crippen LogP contribution < -0.4 is 0 Å². The number of hydrogen-bond donors (Lipinski definition) is 0. The lowest BCUT2D eigenvalue weighted by Gasteiger charge is -2.33. The highest BCUT2D eigenvalue weighted by atomic mass is 16.2. The lowest BCUT2D eigenvalue weighted by atomic mass is 10.0. The molecule has 0 saturated carbocycles. The zero-order valence-electron chi connectivity index (χ0n) is 16.2. The molecular formula is C21H33N3O. The van der Waals surface area contributed by atoms with E-state index in [9.17, 15) is 4.79 Å². The van der Waals surface area contributed by atoms with Gasteiger partial charge in [0.25, 0.3) is 0 Å². The maximum absolute atomic E-state index is 12.5. The van der Waals surface area contributed by atoms with E-state index >= 15 is 0 Å². The van der Waals surface area contributed by atoms with Gasteiger partial charge in [0.15, 0.2) is 0 Å². The molecule has 0 aromatic carbocycles. The van der Waals surface area contributed by atoms with Crippen molar-refractivity contribution >= 4 is 5.91 Å². The first-order valence-corrected chi connectivity index (χ1v) is 9.99. The maximum Gasteiger partial charge on any atom is 0.223 e. The van der Waals surface area contributed by atoms with E-state index in [2.05, 4.69) is 55.5 Å². The first-order chi connectivity index (χ1) is 12.0. The van der Waals surface area contributed by atoms with E-state index in [0.717, 1.165) is 38.8 Å². The van der Waals surface area contributed by atoms with Crippen molar-refractivity contribution in [3.8, 4) is 0 Å². The summed E-state index contributed by atoms with van der Waals surface area (Å²) in [5, 5.41) is 4.91. The Bertz CT molecular complexity index is 621. The van der Waals surface area contributed by atoms with Gasteiger partial charge in [-0.25, -0.2) is 0 Å². The Kier molecular flexibility index (Phi) is 5.65.